The highest BCUT2D eigenvalue weighted by molar-refractivity contribution is 5.81. The minimum atomic E-state index is -0.432. The van der Waals surface area contributed by atoms with E-state index in [9.17, 15) is 4.79 Å². The van der Waals surface area contributed by atoms with E-state index in [1.807, 2.05) is 37.3 Å². The maximum absolute atomic E-state index is 12.7. The molecule has 1 aliphatic rings. The van der Waals surface area contributed by atoms with E-state index in [2.05, 4.69) is 26.2 Å². The van der Waals surface area contributed by atoms with E-state index >= 15 is 0 Å². The molecule has 1 aliphatic heterocycles. The van der Waals surface area contributed by atoms with Crippen molar-refractivity contribution in [2.75, 3.05) is 13.1 Å². The van der Waals surface area contributed by atoms with Crippen LogP contribution in [0.4, 0.5) is 0 Å². The lowest BCUT2D eigenvalue weighted by molar-refractivity contribution is -0.125. The summed E-state index contributed by atoms with van der Waals surface area (Å²) in [6.45, 7) is 3.57. The van der Waals surface area contributed by atoms with Crippen molar-refractivity contribution in [1.82, 2.24) is 30.8 Å². The van der Waals surface area contributed by atoms with Gasteiger partial charge in [-0.05, 0) is 35.9 Å². The highest BCUT2D eigenvalue weighted by Gasteiger charge is 2.27. The molecule has 1 saturated heterocycles. The van der Waals surface area contributed by atoms with Gasteiger partial charge in [0.1, 0.15) is 11.9 Å². The molecule has 7 nitrogen and oxygen atoms in total. The topological polar surface area (TPSA) is 84.7 Å². The SMILES string of the molecule is Cc1nnnn1C(Cc1ccccc1)C(=O)NC1CCNC1. The predicted molar refractivity (Wildman–Crippen MR) is 81.2 cm³/mol. The number of tetrazole rings is 1. The summed E-state index contributed by atoms with van der Waals surface area (Å²) in [5.74, 6) is 0.605. The van der Waals surface area contributed by atoms with Gasteiger partial charge in [0.2, 0.25) is 5.91 Å². The van der Waals surface area contributed by atoms with Crippen LogP contribution in [0.1, 0.15) is 23.9 Å². The number of nitrogens with one attached hydrogen (secondary N) is 2. The number of carbonyl (C=O) groups excluding carboxylic acids is 1. The molecule has 0 spiro atoms. The van der Waals surface area contributed by atoms with Crippen LogP contribution in [0.25, 0.3) is 0 Å². The summed E-state index contributed by atoms with van der Waals surface area (Å²) in [6, 6.07) is 9.68. The molecule has 116 valence electrons. The second-order valence-corrected chi connectivity index (χ2v) is 5.57. The number of amides is 1. The van der Waals surface area contributed by atoms with E-state index in [-0.39, 0.29) is 11.9 Å². The predicted octanol–water partition coefficient (Wildman–Crippen LogP) is 0.243. The van der Waals surface area contributed by atoms with Crippen LogP contribution in [0.5, 0.6) is 0 Å². The first kappa shape index (κ1) is 14.6. The van der Waals surface area contributed by atoms with Crippen LogP contribution in [-0.4, -0.2) is 45.2 Å². The molecular weight excluding hydrogens is 280 g/mol. The van der Waals surface area contributed by atoms with Gasteiger partial charge in [0, 0.05) is 19.0 Å². The average Bonchev–Trinajstić information content (AvgIpc) is 3.17. The zero-order valence-corrected chi connectivity index (χ0v) is 12.6. The molecule has 0 saturated carbocycles. The normalized spacial score (nSPS) is 19.0. The van der Waals surface area contributed by atoms with Gasteiger partial charge in [-0.25, -0.2) is 4.68 Å². The number of carbonyl (C=O) groups is 1. The Hall–Kier alpha value is -2.28. The number of rotatable bonds is 5. The molecule has 3 rings (SSSR count). The van der Waals surface area contributed by atoms with E-state index in [0.717, 1.165) is 25.1 Å². The number of hydrogen-bond acceptors (Lipinski definition) is 5. The Morgan fingerprint density at radius 1 is 1.45 bits per heavy atom. The molecule has 1 aromatic heterocycles. The van der Waals surface area contributed by atoms with Gasteiger partial charge in [0.25, 0.3) is 0 Å². The van der Waals surface area contributed by atoms with Gasteiger partial charge < -0.3 is 10.6 Å². The highest BCUT2D eigenvalue weighted by atomic mass is 16.2. The average molecular weight is 300 g/mol. The van der Waals surface area contributed by atoms with Crippen molar-refractivity contribution in [2.24, 2.45) is 0 Å². The van der Waals surface area contributed by atoms with Gasteiger partial charge in [-0.15, -0.1) is 5.10 Å². The van der Waals surface area contributed by atoms with Gasteiger partial charge in [0.15, 0.2) is 0 Å². The van der Waals surface area contributed by atoms with E-state index in [4.69, 9.17) is 0 Å². The summed E-state index contributed by atoms with van der Waals surface area (Å²) in [4.78, 5) is 12.7. The van der Waals surface area contributed by atoms with Crippen LogP contribution in [-0.2, 0) is 11.2 Å². The first-order valence-corrected chi connectivity index (χ1v) is 7.53. The van der Waals surface area contributed by atoms with Gasteiger partial charge >= 0.3 is 0 Å². The molecule has 0 radical (unpaired) electrons. The second-order valence-electron chi connectivity index (χ2n) is 5.57. The van der Waals surface area contributed by atoms with Crippen molar-refractivity contribution in [3.8, 4) is 0 Å². The molecular formula is C15H20N6O. The molecule has 7 heteroatoms. The number of benzene rings is 1. The fourth-order valence-electron chi connectivity index (χ4n) is 2.73. The van der Waals surface area contributed by atoms with E-state index < -0.39 is 6.04 Å². The standard InChI is InChI=1S/C15H20N6O/c1-11-18-19-20-21(11)14(9-12-5-3-2-4-6-12)15(22)17-13-7-8-16-10-13/h2-6,13-14,16H,7-10H2,1H3,(H,17,22). The Balaban J connectivity index is 1.79. The molecule has 2 atom stereocenters. The second kappa shape index (κ2) is 6.65. The largest absolute Gasteiger partial charge is 0.350 e. The van der Waals surface area contributed by atoms with Crippen LogP contribution in [0.3, 0.4) is 0 Å². The first-order chi connectivity index (χ1) is 10.7. The van der Waals surface area contributed by atoms with Crippen molar-refractivity contribution < 1.29 is 4.79 Å². The smallest absolute Gasteiger partial charge is 0.245 e. The van der Waals surface area contributed by atoms with Gasteiger partial charge in [-0.2, -0.15) is 0 Å². The lowest BCUT2D eigenvalue weighted by atomic mass is 10.0. The quantitative estimate of drug-likeness (QED) is 0.826. The van der Waals surface area contributed by atoms with Crippen molar-refractivity contribution in [3.05, 3.63) is 41.7 Å². The van der Waals surface area contributed by atoms with Crippen molar-refractivity contribution >= 4 is 5.91 Å². The Labute approximate surface area is 129 Å². The monoisotopic (exact) mass is 300 g/mol. The minimum absolute atomic E-state index is 0.0343. The Kier molecular flexibility index (Phi) is 4.43. The van der Waals surface area contributed by atoms with Crippen LogP contribution in [0, 0.1) is 6.92 Å². The Morgan fingerprint density at radius 2 is 2.27 bits per heavy atom. The van der Waals surface area contributed by atoms with Crippen molar-refractivity contribution in [2.45, 2.75) is 31.8 Å². The maximum Gasteiger partial charge on any atom is 0.245 e. The van der Waals surface area contributed by atoms with Crippen LogP contribution in [0.2, 0.25) is 0 Å². The number of hydrogen-bond donors (Lipinski definition) is 2. The maximum atomic E-state index is 12.7. The lowest BCUT2D eigenvalue weighted by Crippen LogP contribution is -2.42. The molecule has 1 aromatic carbocycles. The molecule has 2 aromatic rings. The minimum Gasteiger partial charge on any atom is -0.350 e. The van der Waals surface area contributed by atoms with Crippen molar-refractivity contribution in [3.63, 3.8) is 0 Å². The van der Waals surface area contributed by atoms with E-state index in [0.29, 0.717) is 12.2 Å². The molecule has 2 N–H and O–H groups in total. The molecule has 22 heavy (non-hydrogen) atoms. The van der Waals surface area contributed by atoms with Gasteiger partial charge in [0.05, 0.1) is 0 Å². The summed E-state index contributed by atoms with van der Waals surface area (Å²) in [7, 11) is 0. The van der Waals surface area contributed by atoms with Crippen LogP contribution < -0.4 is 10.6 Å². The number of aryl methyl sites for hydroxylation is 1. The molecule has 1 fully saturated rings. The summed E-state index contributed by atoms with van der Waals surface area (Å²) >= 11 is 0. The molecule has 2 unspecified atom stereocenters. The first-order valence-electron chi connectivity index (χ1n) is 7.53. The van der Waals surface area contributed by atoms with Crippen LogP contribution in [0.15, 0.2) is 30.3 Å². The van der Waals surface area contributed by atoms with Gasteiger partial charge in [-0.3, -0.25) is 4.79 Å². The highest BCUT2D eigenvalue weighted by Crippen LogP contribution is 2.15. The summed E-state index contributed by atoms with van der Waals surface area (Å²) in [5.41, 5.74) is 1.09. The third-order valence-corrected chi connectivity index (χ3v) is 3.93. The third kappa shape index (κ3) is 3.30. The zero-order chi connectivity index (χ0) is 15.4. The molecule has 0 bridgehead atoms. The van der Waals surface area contributed by atoms with E-state index in [1.54, 1.807) is 4.68 Å². The molecule has 1 amide bonds. The third-order valence-electron chi connectivity index (χ3n) is 3.93. The number of nitrogens with zero attached hydrogens (tertiary/aromatic N) is 4. The zero-order valence-electron chi connectivity index (χ0n) is 12.6. The fraction of sp³-hybridized carbons (Fsp3) is 0.467. The summed E-state index contributed by atoms with van der Waals surface area (Å²) < 4.78 is 1.60. The Morgan fingerprint density at radius 3 is 2.91 bits per heavy atom. The molecule has 0 aliphatic carbocycles. The summed E-state index contributed by atoms with van der Waals surface area (Å²) in [5, 5.41) is 17.9. The summed E-state index contributed by atoms with van der Waals surface area (Å²) in [6.07, 6.45) is 1.52. The lowest BCUT2D eigenvalue weighted by Gasteiger charge is -2.20. The van der Waals surface area contributed by atoms with Crippen LogP contribution >= 0.6 is 0 Å². The van der Waals surface area contributed by atoms with E-state index in [1.165, 1.54) is 0 Å². The number of aromatic nitrogens is 4. The molecule has 2 heterocycles. The fourth-order valence-corrected chi connectivity index (χ4v) is 2.73. The van der Waals surface area contributed by atoms with Crippen molar-refractivity contribution in [1.29, 1.82) is 0 Å². The van der Waals surface area contributed by atoms with Gasteiger partial charge in [-0.1, -0.05) is 30.3 Å². The Bertz CT molecular complexity index is 620.